The smallest absolute Gasteiger partial charge is 0.328 e. The van der Waals surface area contributed by atoms with Crippen LogP contribution in [0.1, 0.15) is 20.3 Å². The average Bonchev–Trinajstić information content (AvgIpc) is 2.34. The van der Waals surface area contributed by atoms with Crippen LogP contribution in [0.25, 0.3) is 0 Å². The molecule has 0 saturated heterocycles. The van der Waals surface area contributed by atoms with E-state index in [1.54, 1.807) is 12.0 Å². The van der Waals surface area contributed by atoms with Gasteiger partial charge in [-0.2, -0.15) is 0 Å². The number of carboxylic acids is 1. The van der Waals surface area contributed by atoms with Gasteiger partial charge in [-0.1, -0.05) is 13.0 Å². The van der Waals surface area contributed by atoms with Gasteiger partial charge in [0.2, 0.25) is 0 Å². The monoisotopic (exact) mass is 258 g/mol. The molecule has 0 saturated carbocycles. The topological polar surface area (TPSA) is 78.9 Å². The quantitative estimate of drug-likeness (QED) is 0.639. The Hall–Kier alpha value is -1.56. The number of carbonyl (C=O) groups is 2. The van der Waals surface area contributed by atoms with Crippen molar-refractivity contribution in [3.8, 4) is 0 Å². The number of amides is 2. The second-order valence-corrected chi connectivity index (χ2v) is 3.87. The number of hydrogen-bond donors (Lipinski definition) is 2. The van der Waals surface area contributed by atoms with E-state index in [4.69, 9.17) is 9.84 Å². The molecule has 18 heavy (non-hydrogen) atoms. The van der Waals surface area contributed by atoms with Crippen LogP contribution in [-0.2, 0) is 9.53 Å². The third-order valence-electron chi connectivity index (χ3n) is 2.55. The lowest BCUT2D eigenvalue weighted by Gasteiger charge is -2.28. The molecule has 0 fully saturated rings. The van der Waals surface area contributed by atoms with E-state index in [1.807, 2.05) is 13.8 Å². The maximum atomic E-state index is 11.9. The minimum absolute atomic E-state index is 0.114. The highest BCUT2D eigenvalue weighted by Gasteiger charge is 2.17. The summed E-state index contributed by atoms with van der Waals surface area (Å²) in [4.78, 5) is 23.8. The number of carbonyl (C=O) groups excluding carboxylic acids is 1. The van der Waals surface area contributed by atoms with Gasteiger partial charge in [-0.25, -0.2) is 9.59 Å². The van der Waals surface area contributed by atoms with Crippen LogP contribution in [0.2, 0.25) is 0 Å². The van der Waals surface area contributed by atoms with Crippen molar-refractivity contribution >= 4 is 12.0 Å². The fraction of sp³-hybridized carbons (Fsp3) is 0.667. The first kappa shape index (κ1) is 16.4. The van der Waals surface area contributed by atoms with Crippen LogP contribution in [0, 0.1) is 0 Å². The summed E-state index contributed by atoms with van der Waals surface area (Å²) >= 11 is 0. The molecule has 1 unspecified atom stereocenters. The molecule has 2 N–H and O–H groups in total. The standard InChI is InChI=1S/C12H22N2O4/c1-4-10(2)14(8-9-18-3)12(17)13-7-5-6-11(15)16/h5-6,10H,4,7-9H2,1-3H3,(H,13,17)(H,15,16)/b6-5+. The van der Waals surface area contributed by atoms with Crippen LogP contribution in [0.15, 0.2) is 12.2 Å². The van der Waals surface area contributed by atoms with E-state index in [0.29, 0.717) is 13.2 Å². The van der Waals surface area contributed by atoms with Crippen molar-refractivity contribution < 1.29 is 19.4 Å². The number of ether oxygens (including phenoxy) is 1. The number of urea groups is 1. The summed E-state index contributed by atoms with van der Waals surface area (Å²) in [6.07, 6.45) is 3.25. The molecule has 0 spiro atoms. The largest absolute Gasteiger partial charge is 0.478 e. The zero-order chi connectivity index (χ0) is 14.0. The van der Waals surface area contributed by atoms with E-state index in [2.05, 4.69) is 5.32 Å². The Balaban J connectivity index is 4.24. The van der Waals surface area contributed by atoms with Crippen molar-refractivity contribution in [1.29, 1.82) is 0 Å². The number of rotatable bonds is 8. The summed E-state index contributed by atoms with van der Waals surface area (Å²) in [5, 5.41) is 11.0. The molecule has 0 aromatic rings. The van der Waals surface area contributed by atoms with Crippen LogP contribution in [0.4, 0.5) is 4.79 Å². The fourth-order valence-electron chi connectivity index (χ4n) is 1.34. The zero-order valence-electron chi connectivity index (χ0n) is 11.2. The van der Waals surface area contributed by atoms with Gasteiger partial charge in [0, 0.05) is 32.3 Å². The molecule has 1 atom stereocenters. The van der Waals surface area contributed by atoms with Gasteiger partial charge in [-0.15, -0.1) is 0 Å². The minimum Gasteiger partial charge on any atom is -0.478 e. The molecule has 0 aromatic heterocycles. The SMILES string of the molecule is CCC(C)N(CCOC)C(=O)NC/C=C/C(=O)O. The third kappa shape index (κ3) is 6.90. The average molecular weight is 258 g/mol. The molecule has 0 aliphatic heterocycles. The first-order valence-electron chi connectivity index (χ1n) is 5.95. The molecule has 0 radical (unpaired) electrons. The number of methoxy groups -OCH3 is 1. The molecule has 0 bridgehead atoms. The predicted molar refractivity (Wildman–Crippen MR) is 68.5 cm³/mol. The lowest BCUT2D eigenvalue weighted by Crippen LogP contribution is -2.46. The maximum Gasteiger partial charge on any atom is 0.328 e. The summed E-state index contributed by atoms with van der Waals surface area (Å²) in [5.74, 6) is -1.03. The van der Waals surface area contributed by atoms with E-state index in [0.717, 1.165) is 12.5 Å². The fourth-order valence-corrected chi connectivity index (χ4v) is 1.34. The minimum atomic E-state index is -1.03. The van der Waals surface area contributed by atoms with Crippen LogP contribution in [-0.4, -0.2) is 54.9 Å². The number of carboxylic acid groups (broad SMARTS) is 1. The van der Waals surface area contributed by atoms with Crippen LogP contribution >= 0.6 is 0 Å². The molecule has 0 rings (SSSR count). The number of nitrogens with one attached hydrogen (secondary N) is 1. The third-order valence-corrected chi connectivity index (χ3v) is 2.55. The van der Waals surface area contributed by atoms with E-state index >= 15 is 0 Å². The first-order chi connectivity index (χ1) is 8.52. The normalized spacial score (nSPS) is 12.4. The van der Waals surface area contributed by atoms with E-state index < -0.39 is 5.97 Å². The van der Waals surface area contributed by atoms with Gasteiger partial charge in [-0.3, -0.25) is 0 Å². The molecule has 0 aliphatic carbocycles. The summed E-state index contributed by atoms with van der Waals surface area (Å²) in [7, 11) is 1.59. The van der Waals surface area contributed by atoms with Gasteiger partial charge >= 0.3 is 12.0 Å². The van der Waals surface area contributed by atoms with Gasteiger partial charge in [0.15, 0.2) is 0 Å². The molecular formula is C12H22N2O4. The Kier molecular flexibility index (Phi) is 8.65. The molecular weight excluding hydrogens is 236 g/mol. The molecule has 6 heteroatoms. The second kappa shape index (κ2) is 9.47. The number of aliphatic carboxylic acids is 1. The Morgan fingerprint density at radius 2 is 2.17 bits per heavy atom. The summed E-state index contributed by atoms with van der Waals surface area (Å²) in [6.45, 7) is 5.15. The molecule has 0 heterocycles. The Labute approximate surface area is 108 Å². The van der Waals surface area contributed by atoms with Crippen molar-refractivity contribution in [2.45, 2.75) is 26.3 Å². The van der Waals surface area contributed by atoms with Gasteiger partial charge in [0.25, 0.3) is 0 Å². The molecule has 2 amide bonds. The Bertz CT molecular complexity index is 292. The first-order valence-corrected chi connectivity index (χ1v) is 5.95. The number of nitrogens with zero attached hydrogens (tertiary/aromatic N) is 1. The van der Waals surface area contributed by atoms with Crippen molar-refractivity contribution in [1.82, 2.24) is 10.2 Å². The summed E-state index contributed by atoms with van der Waals surface area (Å²) in [6, 6.07) is -0.0972. The summed E-state index contributed by atoms with van der Waals surface area (Å²) in [5.41, 5.74) is 0. The summed E-state index contributed by atoms with van der Waals surface area (Å²) < 4.78 is 4.96. The van der Waals surface area contributed by atoms with Crippen molar-refractivity contribution in [3.05, 3.63) is 12.2 Å². The zero-order valence-corrected chi connectivity index (χ0v) is 11.2. The van der Waals surface area contributed by atoms with Crippen LogP contribution < -0.4 is 5.32 Å². The lowest BCUT2D eigenvalue weighted by atomic mass is 10.2. The Morgan fingerprint density at radius 3 is 2.67 bits per heavy atom. The van der Waals surface area contributed by atoms with Gasteiger partial charge in [0.1, 0.15) is 0 Å². The van der Waals surface area contributed by atoms with Crippen LogP contribution in [0.5, 0.6) is 0 Å². The van der Waals surface area contributed by atoms with Crippen molar-refractivity contribution in [2.75, 3.05) is 26.8 Å². The lowest BCUT2D eigenvalue weighted by molar-refractivity contribution is -0.131. The predicted octanol–water partition coefficient (Wildman–Crippen LogP) is 1.08. The van der Waals surface area contributed by atoms with E-state index in [9.17, 15) is 9.59 Å². The highest BCUT2D eigenvalue weighted by Crippen LogP contribution is 2.03. The number of hydrogen-bond acceptors (Lipinski definition) is 3. The van der Waals surface area contributed by atoms with Crippen LogP contribution in [0.3, 0.4) is 0 Å². The van der Waals surface area contributed by atoms with E-state index in [-0.39, 0.29) is 18.6 Å². The van der Waals surface area contributed by atoms with Crippen molar-refractivity contribution in [3.63, 3.8) is 0 Å². The molecule has 0 aromatic carbocycles. The van der Waals surface area contributed by atoms with Gasteiger partial charge < -0.3 is 20.1 Å². The van der Waals surface area contributed by atoms with Crippen molar-refractivity contribution in [2.24, 2.45) is 0 Å². The molecule has 0 aliphatic rings. The molecule has 104 valence electrons. The molecule has 6 nitrogen and oxygen atoms in total. The van der Waals surface area contributed by atoms with Gasteiger partial charge in [-0.05, 0) is 13.3 Å². The van der Waals surface area contributed by atoms with E-state index in [1.165, 1.54) is 6.08 Å². The highest BCUT2D eigenvalue weighted by atomic mass is 16.5. The maximum absolute atomic E-state index is 11.9. The highest BCUT2D eigenvalue weighted by molar-refractivity contribution is 5.80. The Morgan fingerprint density at radius 1 is 1.50 bits per heavy atom. The second-order valence-electron chi connectivity index (χ2n) is 3.87. The van der Waals surface area contributed by atoms with Gasteiger partial charge in [0.05, 0.1) is 6.61 Å².